The van der Waals surface area contributed by atoms with Crippen LogP contribution in [-0.4, -0.2) is 52.5 Å². The van der Waals surface area contributed by atoms with Crippen molar-refractivity contribution in [3.05, 3.63) is 35.3 Å². The smallest absolute Gasteiger partial charge is 0.271 e. The molecule has 2 heterocycles. The molecule has 1 aromatic carbocycles. The predicted molar refractivity (Wildman–Crippen MR) is 76.4 cm³/mol. The molecule has 3 rings (SSSR count). The summed E-state index contributed by atoms with van der Waals surface area (Å²) >= 11 is 0. The lowest BCUT2D eigenvalue weighted by Gasteiger charge is -2.26. The number of H-pyrrole nitrogens is 1. The Balaban J connectivity index is 1.82. The van der Waals surface area contributed by atoms with Gasteiger partial charge in [-0.25, -0.2) is 4.39 Å². The Hall–Kier alpha value is -2.32. The standard InChI is InChI=1S/C14H16FN5O2/c15-11-7-9(12-13(14(16)21)18-19-17-12)1-2-10(11)8-20-3-5-22-6-4-20/h1-2,7H,3-6,8H2,(H2,16,21)(H,17,18,19). The van der Waals surface area contributed by atoms with Crippen molar-refractivity contribution in [1.29, 1.82) is 0 Å². The van der Waals surface area contributed by atoms with E-state index in [9.17, 15) is 9.18 Å². The lowest BCUT2D eigenvalue weighted by Crippen LogP contribution is -2.35. The maximum absolute atomic E-state index is 14.3. The van der Waals surface area contributed by atoms with E-state index in [-0.39, 0.29) is 17.2 Å². The minimum Gasteiger partial charge on any atom is -0.379 e. The van der Waals surface area contributed by atoms with E-state index in [2.05, 4.69) is 20.3 Å². The van der Waals surface area contributed by atoms with Crippen LogP contribution in [0.1, 0.15) is 16.1 Å². The Bertz CT molecular complexity index is 682. The molecule has 0 saturated carbocycles. The van der Waals surface area contributed by atoms with E-state index in [0.29, 0.717) is 30.9 Å². The number of carbonyl (C=O) groups is 1. The van der Waals surface area contributed by atoms with Gasteiger partial charge in [-0.2, -0.15) is 15.4 Å². The molecule has 1 aliphatic heterocycles. The number of nitrogens with zero attached hydrogens (tertiary/aromatic N) is 3. The molecular weight excluding hydrogens is 289 g/mol. The summed E-state index contributed by atoms with van der Waals surface area (Å²) in [7, 11) is 0. The van der Waals surface area contributed by atoms with Gasteiger partial charge in [0, 0.05) is 30.8 Å². The van der Waals surface area contributed by atoms with Crippen LogP contribution in [0.5, 0.6) is 0 Å². The molecule has 1 saturated heterocycles. The van der Waals surface area contributed by atoms with Gasteiger partial charge < -0.3 is 10.5 Å². The molecule has 1 aromatic heterocycles. The summed E-state index contributed by atoms with van der Waals surface area (Å²) in [5.41, 5.74) is 6.52. The van der Waals surface area contributed by atoms with Gasteiger partial charge in [0.05, 0.1) is 13.2 Å². The molecule has 7 nitrogen and oxygen atoms in total. The van der Waals surface area contributed by atoms with Gasteiger partial charge in [-0.1, -0.05) is 12.1 Å². The Labute approximate surface area is 126 Å². The highest BCUT2D eigenvalue weighted by atomic mass is 19.1. The first-order valence-electron chi connectivity index (χ1n) is 6.94. The van der Waals surface area contributed by atoms with E-state index in [1.54, 1.807) is 12.1 Å². The summed E-state index contributed by atoms with van der Waals surface area (Å²) in [5, 5.41) is 9.88. The van der Waals surface area contributed by atoms with Gasteiger partial charge in [0.1, 0.15) is 11.5 Å². The summed E-state index contributed by atoms with van der Waals surface area (Å²) in [4.78, 5) is 13.4. The molecule has 8 heteroatoms. The number of aromatic amines is 1. The van der Waals surface area contributed by atoms with Gasteiger partial charge in [0.2, 0.25) is 0 Å². The number of carbonyl (C=O) groups excluding carboxylic acids is 1. The van der Waals surface area contributed by atoms with E-state index >= 15 is 0 Å². The second-order valence-electron chi connectivity index (χ2n) is 5.08. The fourth-order valence-corrected chi connectivity index (χ4v) is 2.43. The molecular formula is C14H16FN5O2. The zero-order chi connectivity index (χ0) is 15.5. The molecule has 22 heavy (non-hydrogen) atoms. The average Bonchev–Trinajstić information content (AvgIpc) is 3.00. The number of morpholine rings is 1. The first-order valence-corrected chi connectivity index (χ1v) is 6.94. The van der Waals surface area contributed by atoms with Crippen LogP contribution in [0, 0.1) is 5.82 Å². The number of benzene rings is 1. The third-order valence-electron chi connectivity index (χ3n) is 3.61. The third kappa shape index (κ3) is 2.97. The first-order chi connectivity index (χ1) is 10.6. The number of ether oxygens (including phenoxy) is 1. The van der Waals surface area contributed by atoms with Gasteiger partial charge in [-0.05, 0) is 6.07 Å². The molecule has 0 aliphatic carbocycles. The van der Waals surface area contributed by atoms with Crippen molar-refractivity contribution >= 4 is 5.91 Å². The monoisotopic (exact) mass is 305 g/mol. The molecule has 0 spiro atoms. The highest BCUT2D eigenvalue weighted by molar-refractivity contribution is 5.96. The molecule has 1 amide bonds. The third-order valence-corrected chi connectivity index (χ3v) is 3.61. The van der Waals surface area contributed by atoms with Crippen LogP contribution in [-0.2, 0) is 11.3 Å². The molecule has 0 atom stereocenters. The fourth-order valence-electron chi connectivity index (χ4n) is 2.43. The predicted octanol–water partition coefficient (Wildman–Crippen LogP) is 0.542. The van der Waals surface area contributed by atoms with Crippen molar-refractivity contribution in [3.8, 4) is 11.3 Å². The SMILES string of the molecule is NC(=O)c1n[nH]nc1-c1ccc(CN2CCOCC2)c(F)c1. The molecule has 1 aliphatic rings. The summed E-state index contributed by atoms with van der Waals surface area (Å²) in [5.74, 6) is -1.05. The van der Waals surface area contributed by atoms with Gasteiger partial charge in [0.15, 0.2) is 5.69 Å². The Morgan fingerprint density at radius 3 is 2.82 bits per heavy atom. The van der Waals surface area contributed by atoms with Crippen molar-refractivity contribution < 1.29 is 13.9 Å². The van der Waals surface area contributed by atoms with Crippen molar-refractivity contribution in [2.45, 2.75) is 6.54 Å². The van der Waals surface area contributed by atoms with Gasteiger partial charge in [-0.3, -0.25) is 9.69 Å². The van der Waals surface area contributed by atoms with Crippen LogP contribution in [0.25, 0.3) is 11.3 Å². The van der Waals surface area contributed by atoms with Gasteiger partial charge >= 0.3 is 0 Å². The summed E-state index contributed by atoms with van der Waals surface area (Å²) < 4.78 is 19.6. The number of primary amides is 1. The molecule has 2 aromatic rings. The Morgan fingerprint density at radius 2 is 2.14 bits per heavy atom. The number of nitrogens with two attached hydrogens (primary N) is 1. The van der Waals surface area contributed by atoms with Crippen molar-refractivity contribution in [2.24, 2.45) is 5.73 Å². The van der Waals surface area contributed by atoms with Crippen molar-refractivity contribution in [3.63, 3.8) is 0 Å². The van der Waals surface area contributed by atoms with Crippen LogP contribution >= 0.6 is 0 Å². The number of halogens is 1. The van der Waals surface area contributed by atoms with Gasteiger partial charge in [-0.15, -0.1) is 0 Å². The van der Waals surface area contributed by atoms with Gasteiger partial charge in [0.25, 0.3) is 5.91 Å². The molecule has 1 fully saturated rings. The summed E-state index contributed by atoms with van der Waals surface area (Å²) in [6.07, 6.45) is 0. The summed E-state index contributed by atoms with van der Waals surface area (Å²) in [6, 6.07) is 4.75. The second kappa shape index (κ2) is 6.20. The average molecular weight is 305 g/mol. The second-order valence-corrected chi connectivity index (χ2v) is 5.08. The normalized spacial score (nSPS) is 15.9. The fraction of sp³-hybridized carbons (Fsp3) is 0.357. The van der Waals surface area contributed by atoms with Crippen molar-refractivity contribution in [1.82, 2.24) is 20.3 Å². The topological polar surface area (TPSA) is 97.1 Å². The molecule has 3 N–H and O–H groups in total. The number of aromatic nitrogens is 3. The van der Waals surface area contributed by atoms with E-state index in [0.717, 1.165) is 13.1 Å². The molecule has 116 valence electrons. The van der Waals surface area contributed by atoms with Crippen LogP contribution in [0.15, 0.2) is 18.2 Å². The zero-order valence-corrected chi connectivity index (χ0v) is 11.9. The van der Waals surface area contributed by atoms with Crippen LogP contribution in [0.2, 0.25) is 0 Å². The first kappa shape index (κ1) is 14.6. The lowest BCUT2D eigenvalue weighted by molar-refractivity contribution is 0.0337. The number of nitrogens with one attached hydrogen (secondary N) is 1. The summed E-state index contributed by atoms with van der Waals surface area (Å²) in [6.45, 7) is 3.44. The van der Waals surface area contributed by atoms with Crippen LogP contribution < -0.4 is 5.73 Å². The maximum Gasteiger partial charge on any atom is 0.271 e. The van der Waals surface area contributed by atoms with E-state index < -0.39 is 5.91 Å². The molecule has 0 radical (unpaired) electrons. The number of hydrogen-bond acceptors (Lipinski definition) is 5. The quantitative estimate of drug-likeness (QED) is 0.859. The minimum atomic E-state index is -0.707. The Kier molecular flexibility index (Phi) is 4.12. The van der Waals surface area contributed by atoms with Crippen LogP contribution in [0.3, 0.4) is 0 Å². The van der Waals surface area contributed by atoms with E-state index in [1.807, 2.05) is 0 Å². The minimum absolute atomic E-state index is 0.000305. The van der Waals surface area contributed by atoms with Crippen LogP contribution in [0.4, 0.5) is 4.39 Å². The molecule has 0 unspecified atom stereocenters. The number of hydrogen-bond donors (Lipinski definition) is 2. The van der Waals surface area contributed by atoms with E-state index in [1.165, 1.54) is 6.07 Å². The number of amides is 1. The molecule has 0 bridgehead atoms. The highest BCUT2D eigenvalue weighted by Gasteiger charge is 2.18. The highest BCUT2D eigenvalue weighted by Crippen LogP contribution is 2.23. The Morgan fingerprint density at radius 1 is 1.36 bits per heavy atom. The van der Waals surface area contributed by atoms with E-state index in [4.69, 9.17) is 10.5 Å². The maximum atomic E-state index is 14.3. The lowest BCUT2D eigenvalue weighted by atomic mass is 10.1. The zero-order valence-electron chi connectivity index (χ0n) is 11.9. The number of rotatable bonds is 4. The largest absolute Gasteiger partial charge is 0.379 e. The van der Waals surface area contributed by atoms with Crippen molar-refractivity contribution in [2.75, 3.05) is 26.3 Å².